The summed E-state index contributed by atoms with van der Waals surface area (Å²) in [5.41, 5.74) is 1.20. The van der Waals surface area contributed by atoms with E-state index < -0.39 is 0 Å². The highest BCUT2D eigenvalue weighted by Gasteiger charge is 2.40. The van der Waals surface area contributed by atoms with Gasteiger partial charge in [-0.05, 0) is 27.2 Å². The number of aryl methyl sites for hydroxylation is 3. The molecule has 0 bridgehead atoms. The second kappa shape index (κ2) is 7.24. The highest BCUT2D eigenvalue weighted by atomic mass is 32.1. The molecule has 1 aliphatic rings. The molecule has 136 valence electrons. The molecule has 0 saturated heterocycles. The average molecular weight is 389 g/mol. The molecule has 1 aliphatic carbocycles. The van der Waals surface area contributed by atoms with E-state index in [1.165, 1.54) is 5.69 Å². The molecule has 0 amide bonds. The molecule has 3 heterocycles. The van der Waals surface area contributed by atoms with Crippen molar-refractivity contribution in [1.29, 1.82) is 0 Å². The molecule has 0 spiro atoms. The lowest BCUT2D eigenvalue weighted by atomic mass is 10.3. The third-order valence-electron chi connectivity index (χ3n) is 4.19. The van der Waals surface area contributed by atoms with Crippen molar-refractivity contribution in [2.75, 3.05) is 11.9 Å². The quantitative estimate of drug-likeness (QED) is 0.663. The first-order chi connectivity index (χ1) is 12.6. The van der Waals surface area contributed by atoms with E-state index in [1.807, 2.05) is 26.8 Å². The Bertz CT molecular complexity index is 908. The minimum atomic E-state index is 0.521. The van der Waals surface area contributed by atoms with E-state index in [4.69, 9.17) is 4.74 Å². The maximum atomic E-state index is 5.93. The Balaban J connectivity index is 1.33. The van der Waals surface area contributed by atoms with Gasteiger partial charge in [0.15, 0.2) is 0 Å². The summed E-state index contributed by atoms with van der Waals surface area (Å²) in [6, 6.07) is 1.84. The van der Waals surface area contributed by atoms with Gasteiger partial charge in [-0.2, -0.15) is 4.98 Å². The zero-order valence-corrected chi connectivity index (χ0v) is 16.5. The van der Waals surface area contributed by atoms with E-state index in [1.54, 1.807) is 22.7 Å². The van der Waals surface area contributed by atoms with Gasteiger partial charge in [0.1, 0.15) is 21.7 Å². The minimum absolute atomic E-state index is 0.521. The van der Waals surface area contributed by atoms with Crippen molar-refractivity contribution < 1.29 is 4.74 Å². The molecule has 4 rings (SSSR count). The van der Waals surface area contributed by atoms with Gasteiger partial charge >= 0.3 is 0 Å². The van der Waals surface area contributed by atoms with Crippen LogP contribution < -0.4 is 10.1 Å². The van der Waals surface area contributed by atoms with Crippen LogP contribution in [0.3, 0.4) is 0 Å². The van der Waals surface area contributed by atoms with Gasteiger partial charge in [-0.15, -0.1) is 21.5 Å². The Morgan fingerprint density at radius 2 is 2.04 bits per heavy atom. The fraction of sp³-hybridized carbons (Fsp3) is 0.471. The average Bonchev–Trinajstić information content (AvgIpc) is 3.05. The summed E-state index contributed by atoms with van der Waals surface area (Å²) in [6.07, 6.45) is 1.13. The molecule has 3 aromatic heterocycles. The molecule has 3 aromatic rings. The van der Waals surface area contributed by atoms with Gasteiger partial charge in [-0.25, -0.2) is 9.97 Å². The monoisotopic (exact) mass is 388 g/mol. The standard InChI is InChI=1S/C17H20N6OS2/c1-9-19-15(18-6-17-23-22-11(3)26-17)5-16(20-9)24-7-12-4-13(12)14-8-25-10(2)21-14/h5,8,12-13H,4,6-7H2,1-3H3,(H,18,19,20). The lowest BCUT2D eigenvalue weighted by Crippen LogP contribution is -2.07. The summed E-state index contributed by atoms with van der Waals surface area (Å²) < 4.78 is 5.93. The van der Waals surface area contributed by atoms with E-state index in [2.05, 4.69) is 35.8 Å². The first-order valence-electron chi connectivity index (χ1n) is 8.50. The number of anilines is 1. The number of rotatable bonds is 7. The zero-order valence-electron chi connectivity index (χ0n) is 14.9. The summed E-state index contributed by atoms with van der Waals surface area (Å²) in [5.74, 6) is 3.07. The Kier molecular flexibility index (Phi) is 4.82. The number of hydrogen-bond donors (Lipinski definition) is 1. The molecular formula is C17H20N6OS2. The van der Waals surface area contributed by atoms with E-state index >= 15 is 0 Å². The predicted molar refractivity (Wildman–Crippen MR) is 102 cm³/mol. The maximum Gasteiger partial charge on any atom is 0.218 e. The second-order valence-electron chi connectivity index (χ2n) is 6.41. The van der Waals surface area contributed by atoms with Crippen molar-refractivity contribution >= 4 is 28.5 Å². The number of nitrogens with one attached hydrogen (secondary N) is 1. The molecule has 26 heavy (non-hydrogen) atoms. The van der Waals surface area contributed by atoms with Crippen molar-refractivity contribution in [2.45, 2.75) is 39.7 Å². The number of nitrogens with zero attached hydrogens (tertiary/aromatic N) is 5. The molecule has 1 N–H and O–H groups in total. The van der Waals surface area contributed by atoms with Crippen molar-refractivity contribution in [3.63, 3.8) is 0 Å². The fourth-order valence-electron chi connectivity index (χ4n) is 2.82. The van der Waals surface area contributed by atoms with Crippen LogP contribution in [0, 0.1) is 26.7 Å². The summed E-state index contributed by atoms with van der Waals surface area (Å²) in [5, 5.41) is 16.6. The SMILES string of the molecule is Cc1nc(NCc2nnc(C)s2)cc(OCC2CC2c2csc(C)n2)n1. The van der Waals surface area contributed by atoms with Crippen LogP contribution in [0.4, 0.5) is 5.82 Å². The largest absolute Gasteiger partial charge is 0.477 e. The molecule has 0 aromatic carbocycles. The van der Waals surface area contributed by atoms with Crippen molar-refractivity contribution in [1.82, 2.24) is 25.1 Å². The van der Waals surface area contributed by atoms with Gasteiger partial charge in [0.05, 0.1) is 23.9 Å². The summed E-state index contributed by atoms with van der Waals surface area (Å²) in [7, 11) is 0. The molecule has 1 saturated carbocycles. The Morgan fingerprint density at radius 1 is 1.15 bits per heavy atom. The lowest BCUT2D eigenvalue weighted by molar-refractivity contribution is 0.284. The Hall–Kier alpha value is -2.13. The van der Waals surface area contributed by atoms with Crippen molar-refractivity contribution in [2.24, 2.45) is 5.92 Å². The number of aromatic nitrogens is 5. The fourth-order valence-corrected chi connectivity index (χ4v) is 4.14. The highest BCUT2D eigenvalue weighted by molar-refractivity contribution is 7.11. The highest BCUT2D eigenvalue weighted by Crippen LogP contribution is 2.47. The van der Waals surface area contributed by atoms with Crippen LogP contribution in [-0.2, 0) is 6.54 Å². The summed E-state index contributed by atoms with van der Waals surface area (Å²) >= 11 is 3.28. The number of hydrogen-bond acceptors (Lipinski definition) is 9. The second-order valence-corrected chi connectivity index (χ2v) is 8.74. The molecular weight excluding hydrogens is 368 g/mol. The van der Waals surface area contributed by atoms with E-state index in [9.17, 15) is 0 Å². The van der Waals surface area contributed by atoms with Crippen LogP contribution in [0.15, 0.2) is 11.4 Å². The molecule has 2 unspecified atom stereocenters. The molecule has 2 atom stereocenters. The lowest BCUT2D eigenvalue weighted by Gasteiger charge is -2.09. The smallest absolute Gasteiger partial charge is 0.218 e. The normalized spacial score (nSPS) is 18.7. The molecule has 0 aliphatic heterocycles. The molecule has 0 radical (unpaired) electrons. The Labute approximate surface area is 159 Å². The topological polar surface area (TPSA) is 85.7 Å². The van der Waals surface area contributed by atoms with E-state index in [0.29, 0.717) is 36.7 Å². The van der Waals surface area contributed by atoms with Gasteiger partial charge < -0.3 is 10.1 Å². The molecule has 7 nitrogen and oxygen atoms in total. The van der Waals surface area contributed by atoms with Gasteiger partial charge in [-0.1, -0.05) is 11.3 Å². The molecule has 1 fully saturated rings. The van der Waals surface area contributed by atoms with Crippen LogP contribution in [0.5, 0.6) is 5.88 Å². The van der Waals surface area contributed by atoms with Crippen LogP contribution in [0.25, 0.3) is 0 Å². The van der Waals surface area contributed by atoms with Gasteiger partial charge in [0.2, 0.25) is 5.88 Å². The number of ether oxygens (including phenoxy) is 1. The predicted octanol–water partition coefficient (Wildman–Crippen LogP) is 3.50. The van der Waals surface area contributed by atoms with Crippen LogP contribution >= 0.6 is 22.7 Å². The van der Waals surface area contributed by atoms with Gasteiger partial charge in [0.25, 0.3) is 0 Å². The third kappa shape index (κ3) is 4.16. The van der Waals surface area contributed by atoms with Gasteiger partial charge in [0, 0.05) is 23.3 Å². The number of thiazole rings is 1. The first-order valence-corrected chi connectivity index (χ1v) is 10.2. The van der Waals surface area contributed by atoms with Crippen LogP contribution in [0.1, 0.15) is 38.9 Å². The van der Waals surface area contributed by atoms with Gasteiger partial charge in [-0.3, -0.25) is 0 Å². The van der Waals surface area contributed by atoms with Crippen LogP contribution in [0.2, 0.25) is 0 Å². The minimum Gasteiger partial charge on any atom is -0.477 e. The van der Waals surface area contributed by atoms with Crippen molar-refractivity contribution in [3.05, 3.63) is 38.0 Å². The van der Waals surface area contributed by atoms with E-state index in [0.717, 1.165) is 27.3 Å². The van der Waals surface area contributed by atoms with Crippen LogP contribution in [-0.4, -0.2) is 31.8 Å². The molecule has 9 heteroatoms. The van der Waals surface area contributed by atoms with E-state index in [-0.39, 0.29) is 0 Å². The van der Waals surface area contributed by atoms with Crippen molar-refractivity contribution in [3.8, 4) is 5.88 Å². The summed E-state index contributed by atoms with van der Waals surface area (Å²) in [6.45, 7) is 7.11. The summed E-state index contributed by atoms with van der Waals surface area (Å²) in [4.78, 5) is 13.4. The maximum absolute atomic E-state index is 5.93. The zero-order chi connectivity index (χ0) is 18.1. The third-order valence-corrected chi connectivity index (χ3v) is 5.82. The Morgan fingerprint density at radius 3 is 2.77 bits per heavy atom. The first kappa shape index (κ1) is 17.3.